The molecule has 10 nitrogen and oxygen atoms in total. The minimum absolute atomic E-state index is 0.189. The van der Waals surface area contributed by atoms with Gasteiger partial charge >= 0.3 is 5.69 Å². The molecule has 4 N–H and O–H groups in total. The molecule has 1 unspecified atom stereocenters. The summed E-state index contributed by atoms with van der Waals surface area (Å²) in [6.07, 6.45) is 1.25. The summed E-state index contributed by atoms with van der Waals surface area (Å²) in [6, 6.07) is 5.08. The van der Waals surface area contributed by atoms with Gasteiger partial charge in [-0.25, -0.2) is 9.78 Å². The predicted octanol–water partition coefficient (Wildman–Crippen LogP) is 0.401. The van der Waals surface area contributed by atoms with Crippen molar-refractivity contribution in [2.75, 3.05) is 19.5 Å². The lowest BCUT2D eigenvalue weighted by atomic mass is 9.84. The second-order valence-corrected chi connectivity index (χ2v) is 5.86. The van der Waals surface area contributed by atoms with Crippen molar-refractivity contribution in [1.82, 2.24) is 19.9 Å². The first-order valence-electron chi connectivity index (χ1n) is 7.96. The van der Waals surface area contributed by atoms with E-state index in [0.717, 1.165) is 0 Å². The van der Waals surface area contributed by atoms with Crippen molar-refractivity contribution in [3.63, 3.8) is 0 Å². The highest BCUT2D eigenvalue weighted by Gasteiger charge is 2.34. The highest BCUT2D eigenvalue weighted by Crippen LogP contribution is 2.41. The second kappa shape index (κ2) is 6.16. The van der Waals surface area contributed by atoms with Crippen LogP contribution in [0.3, 0.4) is 0 Å². The molecule has 0 amide bonds. The molecule has 0 radical (unpaired) electrons. The molecule has 2 aromatic heterocycles. The van der Waals surface area contributed by atoms with Gasteiger partial charge in [0.25, 0.3) is 11.1 Å². The Morgan fingerprint density at radius 2 is 1.74 bits per heavy atom. The van der Waals surface area contributed by atoms with E-state index in [0.29, 0.717) is 17.1 Å². The normalized spacial score (nSPS) is 14.7. The molecule has 138 valence electrons. The molecule has 10 heteroatoms. The number of H-pyrrole nitrogens is 3. The SMILES string of the molecule is COc1ccc(C2c3c(nc[nH]c3=O)Nc3[nH]c(=O)[nH]c(=O)c32)cc1OC. The van der Waals surface area contributed by atoms with Crippen LogP contribution >= 0.6 is 0 Å². The molecule has 1 aliphatic heterocycles. The smallest absolute Gasteiger partial charge is 0.327 e. The number of anilines is 2. The van der Waals surface area contributed by atoms with E-state index in [1.165, 1.54) is 20.5 Å². The fourth-order valence-electron chi connectivity index (χ4n) is 3.28. The molecule has 0 fully saturated rings. The summed E-state index contributed by atoms with van der Waals surface area (Å²) in [5.41, 5.74) is -0.598. The molecule has 27 heavy (non-hydrogen) atoms. The molecule has 4 rings (SSSR count). The Bertz CT molecular complexity index is 1210. The summed E-state index contributed by atoms with van der Waals surface area (Å²) >= 11 is 0. The molecule has 0 spiro atoms. The van der Waals surface area contributed by atoms with Gasteiger partial charge in [0.05, 0.1) is 37.6 Å². The fraction of sp³-hybridized carbons (Fsp3) is 0.176. The summed E-state index contributed by atoms with van der Waals surface area (Å²) in [5, 5.41) is 2.85. The second-order valence-electron chi connectivity index (χ2n) is 5.86. The number of nitrogens with zero attached hydrogens (tertiary/aromatic N) is 1. The van der Waals surface area contributed by atoms with Crippen LogP contribution in [0.15, 0.2) is 38.9 Å². The van der Waals surface area contributed by atoms with Gasteiger partial charge in [-0.05, 0) is 17.7 Å². The number of nitrogens with one attached hydrogen (secondary N) is 4. The van der Waals surface area contributed by atoms with Crippen molar-refractivity contribution < 1.29 is 9.47 Å². The fourth-order valence-corrected chi connectivity index (χ4v) is 3.28. The van der Waals surface area contributed by atoms with Crippen LogP contribution in [0.25, 0.3) is 0 Å². The van der Waals surface area contributed by atoms with Crippen LogP contribution < -0.4 is 31.6 Å². The van der Waals surface area contributed by atoms with Gasteiger partial charge in [-0.1, -0.05) is 6.07 Å². The van der Waals surface area contributed by atoms with Gasteiger partial charge in [0.2, 0.25) is 0 Å². The summed E-state index contributed by atoms with van der Waals surface area (Å²) in [4.78, 5) is 48.2. The van der Waals surface area contributed by atoms with E-state index in [1.54, 1.807) is 18.2 Å². The van der Waals surface area contributed by atoms with Gasteiger partial charge < -0.3 is 19.8 Å². The van der Waals surface area contributed by atoms with Gasteiger partial charge in [0.1, 0.15) is 11.6 Å². The maximum atomic E-state index is 12.6. The quantitative estimate of drug-likeness (QED) is 0.409. The third-order valence-corrected chi connectivity index (χ3v) is 4.43. The lowest BCUT2D eigenvalue weighted by Crippen LogP contribution is -2.34. The Labute approximate surface area is 151 Å². The number of methoxy groups -OCH3 is 2. The number of ether oxygens (including phenoxy) is 2. The Morgan fingerprint density at radius 3 is 2.48 bits per heavy atom. The molecule has 0 aliphatic carbocycles. The lowest BCUT2D eigenvalue weighted by molar-refractivity contribution is 0.354. The molecule has 1 aromatic carbocycles. The van der Waals surface area contributed by atoms with Crippen molar-refractivity contribution in [3.8, 4) is 11.5 Å². The average molecular weight is 369 g/mol. The van der Waals surface area contributed by atoms with Gasteiger partial charge in [-0.2, -0.15) is 0 Å². The molecular weight excluding hydrogens is 354 g/mol. The molecule has 3 heterocycles. The molecule has 1 atom stereocenters. The summed E-state index contributed by atoms with van der Waals surface area (Å²) in [5.74, 6) is 0.624. The Kier molecular flexibility index (Phi) is 3.80. The third-order valence-electron chi connectivity index (χ3n) is 4.43. The Hall–Kier alpha value is -3.82. The van der Waals surface area contributed by atoms with Crippen molar-refractivity contribution in [3.05, 3.63) is 72.4 Å². The number of hydrogen-bond donors (Lipinski definition) is 4. The van der Waals surface area contributed by atoms with Crippen LogP contribution in [0, 0.1) is 0 Å². The van der Waals surface area contributed by atoms with E-state index in [-0.39, 0.29) is 22.8 Å². The van der Waals surface area contributed by atoms with Crippen molar-refractivity contribution in [2.45, 2.75) is 5.92 Å². The third kappa shape index (κ3) is 2.58. The number of benzene rings is 1. The van der Waals surface area contributed by atoms with Gasteiger partial charge in [0.15, 0.2) is 11.5 Å². The van der Waals surface area contributed by atoms with Crippen molar-refractivity contribution in [1.29, 1.82) is 0 Å². The minimum atomic E-state index is -0.769. The largest absolute Gasteiger partial charge is 0.493 e. The lowest BCUT2D eigenvalue weighted by Gasteiger charge is -2.26. The molecule has 3 aromatic rings. The maximum absolute atomic E-state index is 12.6. The molecule has 0 saturated heterocycles. The minimum Gasteiger partial charge on any atom is -0.493 e. The summed E-state index contributed by atoms with van der Waals surface area (Å²) in [7, 11) is 3.00. The maximum Gasteiger partial charge on any atom is 0.327 e. The van der Waals surface area contributed by atoms with Crippen LogP contribution in [-0.2, 0) is 0 Å². The van der Waals surface area contributed by atoms with Crippen LogP contribution in [0.2, 0.25) is 0 Å². The van der Waals surface area contributed by atoms with Crippen LogP contribution in [-0.4, -0.2) is 34.2 Å². The first kappa shape index (κ1) is 16.6. The van der Waals surface area contributed by atoms with E-state index in [2.05, 4.69) is 25.3 Å². The predicted molar refractivity (Wildman–Crippen MR) is 96.3 cm³/mol. The van der Waals surface area contributed by atoms with Gasteiger partial charge in [-0.3, -0.25) is 19.6 Å². The summed E-state index contributed by atoms with van der Waals surface area (Å²) < 4.78 is 10.6. The van der Waals surface area contributed by atoms with Crippen LogP contribution in [0.4, 0.5) is 11.6 Å². The standard InChI is InChI=1S/C17H15N5O5/c1-26-8-4-3-7(5-9(8)27-2)10-11-13(18-6-19-15(11)23)20-14-12(10)16(24)22-17(25)21-14/h3-6,10H,1-2H3,(H4,18,19,20,21,22,23,24,25). The summed E-state index contributed by atoms with van der Waals surface area (Å²) in [6.45, 7) is 0. The van der Waals surface area contributed by atoms with E-state index < -0.39 is 22.7 Å². The first-order valence-corrected chi connectivity index (χ1v) is 7.96. The van der Waals surface area contributed by atoms with E-state index in [9.17, 15) is 14.4 Å². The van der Waals surface area contributed by atoms with E-state index in [4.69, 9.17) is 9.47 Å². The Balaban J connectivity index is 2.05. The highest BCUT2D eigenvalue weighted by atomic mass is 16.5. The zero-order valence-corrected chi connectivity index (χ0v) is 14.4. The van der Waals surface area contributed by atoms with Crippen LogP contribution in [0.5, 0.6) is 11.5 Å². The zero-order valence-electron chi connectivity index (χ0n) is 14.4. The first-order chi connectivity index (χ1) is 13.0. The number of hydrogen-bond acceptors (Lipinski definition) is 7. The van der Waals surface area contributed by atoms with Crippen molar-refractivity contribution >= 4 is 11.6 Å². The van der Waals surface area contributed by atoms with Gasteiger partial charge in [0, 0.05) is 0 Å². The number of rotatable bonds is 3. The van der Waals surface area contributed by atoms with E-state index >= 15 is 0 Å². The topological polar surface area (TPSA) is 142 Å². The number of fused-ring (bicyclic) bond motifs is 2. The van der Waals surface area contributed by atoms with Gasteiger partial charge in [-0.15, -0.1) is 0 Å². The molecule has 0 saturated carbocycles. The highest BCUT2D eigenvalue weighted by molar-refractivity contribution is 5.70. The van der Waals surface area contributed by atoms with E-state index in [1.807, 2.05) is 0 Å². The average Bonchev–Trinajstić information content (AvgIpc) is 2.65. The number of aromatic amines is 3. The zero-order chi connectivity index (χ0) is 19.1. The molecule has 0 bridgehead atoms. The monoisotopic (exact) mass is 369 g/mol. The molecular formula is C17H15N5O5. The number of aromatic nitrogens is 4. The Morgan fingerprint density at radius 1 is 0.963 bits per heavy atom. The molecule has 1 aliphatic rings. The van der Waals surface area contributed by atoms with Crippen molar-refractivity contribution in [2.24, 2.45) is 0 Å². The van der Waals surface area contributed by atoms with Crippen LogP contribution in [0.1, 0.15) is 22.6 Å².